The maximum absolute atomic E-state index is 12.9. The largest absolute Gasteiger partial charge is 0.507 e. The lowest BCUT2D eigenvalue weighted by atomic mass is 10.1. The molecule has 0 heterocycles. The van der Waals surface area contributed by atoms with Gasteiger partial charge in [-0.3, -0.25) is 28.3 Å². The van der Waals surface area contributed by atoms with Crippen LogP contribution in [0.25, 0.3) is 21.5 Å². The number of nitrogens with one attached hydrogen (secondary N) is 4. The van der Waals surface area contributed by atoms with Crippen LogP contribution in [0.2, 0.25) is 0 Å². The molecule has 0 spiro atoms. The highest BCUT2D eigenvalue weighted by Gasteiger charge is 2.18. The molecule has 4 amide bonds. The number of benzene rings is 6. The zero-order chi connectivity index (χ0) is 38.9. The molecule has 0 aliphatic carbocycles. The standard InChI is InChI=1S/C36H26N4O12S2/c41-31-17-25(13-21-15-27(53(47,48)49)9-11-29(21)31)39-33(43)19-1-5-23(6-2-19)37-35(45)36(46)38-24-7-3-20(4-8-24)34(44)40-26-14-22-16-28(54(50,51)52)10-12-30(22)32(42)18-26/h1-18,41-42H,(H,37,45)(H,38,46)(H,39,43)(H,40,44)(H,47,48,49)(H,50,51,52). The van der Waals surface area contributed by atoms with Gasteiger partial charge in [0.25, 0.3) is 32.1 Å². The highest BCUT2D eigenvalue weighted by Crippen LogP contribution is 2.32. The summed E-state index contributed by atoms with van der Waals surface area (Å²) in [6.45, 7) is 0. The van der Waals surface area contributed by atoms with Gasteiger partial charge >= 0.3 is 11.8 Å². The van der Waals surface area contributed by atoms with E-state index in [9.17, 15) is 55.3 Å². The van der Waals surface area contributed by atoms with Crippen molar-refractivity contribution in [3.63, 3.8) is 0 Å². The molecule has 8 N–H and O–H groups in total. The van der Waals surface area contributed by atoms with E-state index in [1.54, 1.807) is 0 Å². The van der Waals surface area contributed by atoms with Gasteiger partial charge in [0.2, 0.25) is 0 Å². The van der Waals surface area contributed by atoms with Gasteiger partial charge in [0.1, 0.15) is 11.5 Å². The van der Waals surface area contributed by atoms with Gasteiger partial charge in [-0.2, -0.15) is 16.8 Å². The number of phenolic OH excluding ortho intramolecular Hbond substituents is 2. The molecule has 0 radical (unpaired) electrons. The molecular formula is C36H26N4O12S2. The van der Waals surface area contributed by atoms with Gasteiger partial charge < -0.3 is 31.5 Å². The topological polar surface area (TPSA) is 266 Å². The van der Waals surface area contributed by atoms with Gasteiger partial charge in [-0.25, -0.2) is 0 Å². The Labute approximate surface area is 305 Å². The molecule has 0 aliphatic rings. The predicted molar refractivity (Wildman–Crippen MR) is 197 cm³/mol. The third-order valence-corrected chi connectivity index (χ3v) is 9.63. The van der Waals surface area contributed by atoms with Crippen molar-refractivity contribution in [1.29, 1.82) is 0 Å². The van der Waals surface area contributed by atoms with E-state index in [1.165, 1.54) is 84.9 Å². The predicted octanol–water partition coefficient (Wildman–Crippen LogP) is 4.98. The number of hydrogen-bond acceptors (Lipinski definition) is 10. The molecule has 0 saturated heterocycles. The van der Waals surface area contributed by atoms with Gasteiger partial charge in [0, 0.05) is 56.8 Å². The van der Waals surface area contributed by atoms with E-state index in [0.717, 1.165) is 24.3 Å². The first-order valence-corrected chi connectivity index (χ1v) is 18.3. The summed E-state index contributed by atoms with van der Waals surface area (Å²) in [4.78, 5) is 50.0. The molecule has 6 aromatic rings. The molecule has 0 bridgehead atoms. The van der Waals surface area contributed by atoms with Crippen LogP contribution in [0.1, 0.15) is 20.7 Å². The van der Waals surface area contributed by atoms with E-state index in [-0.39, 0.29) is 66.9 Å². The second-order valence-electron chi connectivity index (χ2n) is 11.7. The number of carbonyl (C=O) groups is 4. The number of aromatic hydroxyl groups is 2. The van der Waals surface area contributed by atoms with Crippen LogP contribution < -0.4 is 21.3 Å². The number of amides is 4. The maximum atomic E-state index is 12.9. The number of anilines is 4. The van der Waals surface area contributed by atoms with E-state index in [1.807, 2.05) is 0 Å². The molecule has 16 nitrogen and oxygen atoms in total. The molecule has 0 aromatic heterocycles. The molecule has 0 aliphatic heterocycles. The van der Waals surface area contributed by atoms with Crippen molar-refractivity contribution in [2.45, 2.75) is 9.79 Å². The van der Waals surface area contributed by atoms with Gasteiger partial charge in [-0.05, 0) is 108 Å². The molecule has 0 saturated carbocycles. The van der Waals surface area contributed by atoms with Crippen LogP contribution in [0.15, 0.2) is 119 Å². The summed E-state index contributed by atoms with van der Waals surface area (Å²) in [5.74, 6) is -3.81. The van der Waals surface area contributed by atoms with Gasteiger partial charge in [-0.15, -0.1) is 0 Å². The fourth-order valence-corrected chi connectivity index (χ4v) is 6.34. The molecule has 0 fully saturated rings. The minimum Gasteiger partial charge on any atom is -0.507 e. The second kappa shape index (κ2) is 14.3. The first kappa shape index (κ1) is 36.9. The minimum atomic E-state index is -4.50. The summed E-state index contributed by atoms with van der Waals surface area (Å²) in [5.41, 5.74) is 0.879. The lowest BCUT2D eigenvalue weighted by molar-refractivity contribution is -0.132. The number of hydrogen-bond donors (Lipinski definition) is 8. The van der Waals surface area contributed by atoms with Crippen LogP contribution in [0.3, 0.4) is 0 Å². The van der Waals surface area contributed by atoms with Gasteiger partial charge in [0.15, 0.2) is 0 Å². The lowest BCUT2D eigenvalue weighted by Crippen LogP contribution is -2.29. The second-order valence-corrected chi connectivity index (χ2v) is 14.5. The summed E-state index contributed by atoms with van der Waals surface area (Å²) >= 11 is 0. The maximum Gasteiger partial charge on any atom is 0.314 e. The number of fused-ring (bicyclic) bond motifs is 2. The highest BCUT2D eigenvalue weighted by atomic mass is 32.2. The van der Waals surface area contributed by atoms with E-state index >= 15 is 0 Å². The Morgan fingerprint density at radius 3 is 1.11 bits per heavy atom. The van der Waals surface area contributed by atoms with Crippen LogP contribution in [0.5, 0.6) is 11.5 Å². The van der Waals surface area contributed by atoms with E-state index in [2.05, 4.69) is 21.3 Å². The Hall–Kier alpha value is -6.86. The number of rotatable bonds is 8. The first-order valence-electron chi connectivity index (χ1n) is 15.4. The average molecular weight is 771 g/mol. The minimum absolute atomic E-state index is 0.129. The van der Waals surface area contributed by atoms with Crippen molar-refractivity contribution in [1.82, 2.24) is 0 Å². The van der Waals surface area contributed by atoms with Crippen molar-refractivity contribution >= 4 is 88.2 Å². The quantitative estimate of drug-likeness (QED) is 0.0753. The Kier molecular flexibility index (Phi) is 9.76. The first-order chi connectivity index (χ1) is 25.4. The van der Waals surface area contributed by atoms with Crippen LogP contribution in [-0.4, -0.2) is 59.8 Å². The summed E-state index contributed by atoms with van der Waals surface area (Å²) in [6.07, 6.45) is 0. The Balaban J connectivity index is 1.04. The summed E-state index contributed by atoms with van der Waals surface area (Å²) in [5, 5.41) is 31.7. The highest BCUT2D eigenvalue weighted by molar-refractivity contribution is 7.86. The summed E-state index contributed by atoms with van der Waals surface area (Å²) < 4.78 is 64.7. The Morgan fingerprint density at radius 2 is 0.778 bits per heavy atom. The monoisotopic (exact) mass is 770 g/mol. The molecule has 6 aromatic carbocycles. The molecule has 6 rings (SSSR count). The smallest absolute Gasteiger partial charge is 0.314 e. The van der Waals surface area contributed by atoms with Crippen molar-refractivity contribution in [2.24, 2.45) is 0 Å². The molecule has 18 heteroatoms. The van der Waals surface area contributed by atoms with Crippen molar-refractivity contribution in [3.8, 4) is 11.5 Å². The average Bonchev–Trinajstić information content (AvgIpc) is 3.11. The van der Waals surface area contributed by atoms with Gasteiger partial charge in [-0.1, -0.05) is 0 Å². The molecule has 0 unspecified atom stereocenters. The number of carbonyl (C=O) groups excluding carboxylic acids is 4. The SMILES string of the molecule is O=C(Nc1ccc(C(=O)Nc2cc(O)c3ccc(S(=O)(=O)O)cc3c2)cc1)C(=O)Nc1ccc(C(=O)Nc2cc(O)c3ccc(S(=O)(=O)O)cc3c2)cc1. The third-order valence-electron chi connectivity index (χ3n) is 7.93. The zero-order valence-electron chi connectivity index (χ0n) is 27.3. The summed E-state index contributed by atoms with van der Waals surface area (Å²) in [6, 6.07) is 23.4. The van der Waals surface area contributed by atoms with Crippen LogP contribution in [-0.2, 0) is 29.8 Å². The fraction of sp³-hybridized carbons (Fsp3) is 0. The lowest BCUT2D eigenvalue weighted by Gasteiger charge is -2.11. The van der Waals surface area contributed by atoms with Crippen molar-refractivity contribution in [3.05, 3.63) is 120 Å². The zero-order valence-corrected chi connectivity index (χ0v) is 28.9. The number of phenols is 2. The van der Waals surface area contributed by atoms with E-state index in [0.29, 0.717) is 0 Å². The van der Waals surface area contributed by atoms with E-state index < -0.39 is 53.7 Å². The van der Waals surface area contributed by atoms with Crippen molar-refractivity contribution in [2.75, 3.05) is 21.3 Å². The Morgan fingerprint density at radius 1 is 0.426 bits per heavy atom. The molecular weight excluding hydrogens is 745 g/mol. The van der Waals surface area contributed by atoms with Crippen LogP contribution in [0, 0.1) is 0 Å². The van der Waals surface area contributed by atoms with Crippen LogP contribution in [0.4, 0.5) is 22.7 Å². The normalized spacial score (nSPS) is 11.5. The fourth-order valence-electron chi connectivity index (χ4n) is 5.31. The van der Waals surface area contributed by atoms with Crippen molar-refractivity contribution < 1.29 is 55.3 Å². The van der Waals surface area contributed by atoms with E-state index in [4.69, 9.17) is 0 Å². The van der Waals surface area contributed by atoms with Gasteiger partial charge in [0.05, 0.1) is 9.79 Å². The molecule has 274 valence electrons. The Bertz CT molecular complexity index is 2560. The summed E-state index contributed by atoms with van der Waals surface area (Å²) in [7, 11) is -9.01. The third kappa shape index (κ3) is 8.27. The van der Waals surface area contributed by atoms with Crippen LogP contribution >= 0.6 is 0 Å². The molecule has 0 atom stereocenters. The molecule has 54 heavy (non-hydrogen) atoms.